The van der Waals surface area contributed by atoms with Crippen molar-refractivity contribution in [3.8, 4) is 0 Å². The molecule has 0 bridgehead atoms. The van der Waals surface area contributed by atoms with Gasteiger partial charge < -0.3 is 19.9 Å². The lowest BCUT2D eigenvalue weighted by atomic mass is 10.1. The predicted octanol–water partition coefficient (Wildman–Crippen LogP) is 1.31. The van der Waals surface area contributed by atoms with Crippen molar-refractivity contribution in [2.75, 3.05) is 6.54 Å². The van der Waals surface area contributed by atoms with E-state index in [1.807, 2.05) is 19.1 Å². The number of aliphatic carboxylic acids is 1. The third-order valence-electron chi connectivity index (χ3n) is 2.95. The Labute approximate surface area is 115 Å². The number of carbonyl (C=O) groups excluding carboxylic acids is 1. The third kappa shape index (κ3) is 2.80. The molecule has 0 spiro atoms. The van der Waals surface area contributed by atoms with E-state index >= 15 is 0 Å². The normalized spacial score (nSPS) is 13.9. The number of aryl methyl sites for hydroxylation is 1. The summed E-state index contributed by atoms with van der Waals surface area (Å²) in [4.78, 5) is 22.6. The van der Waals surface area contributed by atoms with Crippen molar-refractivity contribution < 1.29 is 24.2 Å². The van der Waals surface area contributed by atoms with Crippen molar-refractivity contribution in [3.63, 3.8) is 0 Å². The van der Waals surface area contributed by atoms with Gasteiger partial charge in [0, 0.05) is 5.39 Å². The van der Waals surface area contributed by atoms with E-state index in [2.05, 4.69) is 5.32 Å². The number of hydrogen-bond acceptors (Lipinski definition) is 4. The van der Waals surface area contributed by atoms with Crippen molar-refractivity contribution in [2.45, 2.75) is 19.4 Å². The summed E-state index contributed by atoms with van der Waals surface area (Å²) in [5.41, 5.74) is -0.400. The Hall–Kier alpha value is -2.34. The number of carboxylic acids is 1. The minimum atomic E-state index is -2.02. The summed E-state index contributed by atoms with van der Waals surface area (Å²) in [5.74, 6) is -1.90. The highest BCUT2D eigenvalue weighted by molar-refractivity contribution is 5.96. The molecule has 1 amide bonds. The molecule has 1 heterocycles. The van der Waals surface area contributed by atoms with Crippen LogP contribution in [0.5, 0.6) is 0 Å². The largest absolute Gasteiger partial charge is 0.479 e. The second-order valence-electron chi connectivity index (χ2n) is 4.91. The van der Waals surface area contributed by atoms with Crippen LogP contribution in [0.3, 0.4) is 0 Å². The van der Waals surface area contributed by atoms with E-state index in [4.69, 9.17) is 9.52 Å². The fourth-order valence-electron chi connectivity index (χ4n) is 1.69. The van der Waals surface area contributed by atoms with Crippen LogP contribution in [0.4, 0.5) is 0 Å². The minimum Gasteiger partial charge on any atom is -0.479 e. The standard InChI is InChI=1S/C14H15NO5/c1-8-3-4-10-9(5-8)6-11(20-10)12(16)15-7-14(2,19)13(17)18/h3-6,19H,7H2,1-2H3,(H,15,16)(H,17,18). The van der Waals surface area contributed by atoms with Gasteiger partial charge in [-0.1, -0.05) is 11.6 Å². The van der Waals surface area contributed by atoms with Crippen molar-refractivity contribution >= 4 is 22.8 Å². The molecule has 1 aromatic heterocycles. The molecule has 20 heavy (non-hydrogen) atoms. The monoisotopic (exact) mass is 277 g/mol. The van der Waals surface area contributed by atoms with Crippen molar-refractivity contribution in [2.24, 2.45) is 0 Å². The van der Waals surface area contributed by atoms with Crippen LogP contribution in [0.25, 0.3) is 11.0 Å². The summed E-state index contributed by atoms with van der Waals surface area (Å²) < 4.78 is 5.37. The summed E-state index contributed by atoms with van der Waals surface area (Å²) in [5, 5.41) is 21.4. The van der Waals surface area contributed by atoms with E-state index in [9.17, 15) is 14.7 Å². The van der Waals surface area contributed by atoms with Crippen LogP contribution in [0.15, 0.2) is 28.7 Å². The van der Waals surface area contributed by atoms with Gasteiger partial charge in [-0.2, -0.15) is 0 Å². The third-order valence-corrected chi connectivity index (χ3v) is 2.95. The van der Waals surface area contributed by atoms with Crippen LogP contribution in [-0.4, -0.2) is 34.2 Å². The summed E-state index contributed by atoms with van der Waals surface area (Å²) >= 11 is 0. The molecule has 1 aromatic carbocycles. The number of carbonyl (C=O) groups is 2. The van der Waals surface area contributed by atoms with Crippen LogP contribution in [0.2, 0.25) is 0 Å². The lowest BCUT2D eigenvalue weighted by Crippen LogP contribution is -2.46. The number of hydrogen-bond donors (Lipinski definition) is 3. The highest BCUT2D eigenvalue weighted by Gasteiger charge is 2.30. The van der Waals surface area contributed by atoms with Gasteiger partial charge in [0.25, 0.3) is 5.91 Å². The average molecular weight is 277 g/mol. The number of rotatable bonds is 4. The van der Waals surface area contributed by atoms with Gasteiger partial charge >= 0.3 is 5.97 Å². The Morgan fingerprint density at radius 2 is 2.05 bits per heavy atom. The first-order chi connectivity index (χ1) is 9.29. The second-order valence-corrected chi connectivity index (χ2v) is 4.91. The van der Waals surface area contributed by atoms with Crippen LogP contribution in [-0.2, 0) is 4.79 Å². The highest BCUT2D eigenvalue weighted by Crippen LogP contribution is 2.20. The molecule has 0 saturated carbocycles. The van der Waals surface area contributed by atoms with E-state index < -0.39 is 24.0 Å². The number of benzene rings is 1. The molecule has 6 heteroatoms. The van der Waals surface area contributed by atoms with Crippen LogP contribution in [0.1, 0.15) is 23.0 Å². The topological polar surface area (TPSA) is 99.8 Å². The van der Waals surface area contributed by atoms with Gasteiger partial charge in [0.1, 0.15) is 5.58 Å². The van der Waals surface area contributed by atoms with Crippen LogP contribution in [0, 0.1) is 6.92 Å². The molecule has 2 rings (SSSR count). The van der Waals surface area contributed by atoms with Crippen LogP contribution >= 0.6 is 0 Å². The minimum absolute atomic E-state index is 0.0757. The van der Waals surface area contributed by atoms with E-state index in [1.165, 1.54) is 0 Å². The fourth-order valence-corrected chi connectivity index (χ4v) is 1.69. The maximum atomic E-state index is 11.9. The van der Waals surface area contributed by atoms with Crippen molar-refractivity contribution in [1.29, 1.82) is 0 Å². The predicted molar refractivity (Wildman–Crippen MR) is 71.5 cm³/mol. The molecule has 0 aliphatic rings. The molecule has 3 N–H and O–H groups in total. The quantitative estimate of drug-likeness (QED) is 0.782. The molecular weight excluding hydrogens is 262 g/mol. The van der Waals surface area contributed by atoms with Gasteiger partial charge in [0.2, 0.25) is 0 Å². The molecule has 106 valence electrons. The second kappa shape index (κ2) is 4.97. The zero-order valence-electron chi connectivity index (χ0n) is 11.1. The molecule has 2 aromatic rings. The van der Waals surface area contributed by atoms with E-state index in [0.29, 0.717) is 5.58 Å². The smallest absolute Gasteiger partial charge is 0.337 e. The molecule has 0 saturated heterocycles. The number of fused-ring (bicyclic) bond motifs is 1. The fraction of sp³-hybridized carbons (Fsp3) is 0.286. The lowest BCUT2D eigenvalue weighted by molar-refractivity contribution is -0.155. The SMILES string of the molecule is Cc1ccc2oc(C(=O)NCC(C)(O)C(=O)O)cc2c1. The summed E-state index contributed by atoms with van der Waals surface area (Å²) in [7, 11) is 0. The number of furan rings is 1. The number of nitrogens with one attached hydrogen (secondary N) is 1. The average Bonchev–Trinajstić information content (AvgIpc) is 2.78. The summed E-state index contributed by atoms with van der Waals surface area (Å²) in [6.07, 6.45) is 0. The molecule has 0 fully saturated rings. The van der Waals surface area contributed by atoms with Gasteiger partial charge in [-0.05, 0) is 32.0 Å². The van der Waals surface area contributed by atoms with Crippen LogP contribution < -0.4 is 5.32 Å². The van der Waals surface area contributed by atoms with Gasteiger partial charge in [0.15, 0.2) is 11.4 Å². The summed E-state index contributed by atoms with van der Waals surface area (Å²) in [6, 6.07) is 7.08. The highest BCUT2D eigenvalue weighted by atomic mass is 16.4. The van der Waals surface area contributed by atoms with Crippen molar-refractivity contribution in [3.05, 3.63) is 35.6 Å². The van der Waals surface area contributed by atoms with E-state index in [0.717, 1.165) is 17.9 Å². The van der Waals surface area contributed by atoms with Gasteiger partial charge in [-0.3, -0.25) is 4.79 Å². The number of amides is 1. The van der Waals surface area contributed by atoms with Gasteiger partial charge in [-0.25, -0.2) is 4.79 Å². The maximum Gasteiger partial charge on any atom is 0.337 e. The zero-order chi connectivity index (χ0) is 14.9. The summed E-state index contributed by atoms with van der Waals surface area (Å²) in [6.45, 7) is 2.63. The molecule has 0 aliphatic heterocycles. The molecule has 1 unspecified atom stereocenters. The lowest BCUT2D eigenvalue weighted by Gasteiger charge is -2.17. The first kappa shape index (κ1) is 14.1. The van der Waals surface area contributed by atoms with Crippen molar-refractivity contribution in [1.82, 2.24) is 5.32 Å². The van der Waals surface area contributed by atoms with Gasteiger partial charge in [0.05, 0.1) is 6.54 Å². The Kier molecular flexibility index (Phi) is 3.50. The Morgan fingerprint density at radius 3 is 2.70 bits per heavy atom. The maximum absolute atomic E-state index is 11.9. The van der Waals surface area contributed by atoms with E-state index in [-0.39, 0.29) is 5.76 Å². The Morgan fingerprint density at radius 1 is 1.35 bits per heavy atom. The Balaban J connectivity index is 2.14. The Bertz CT molecular complexity index is 671. The molecule has 0 radical (unpaired) electrons. The number of aliphatic hydroxyl groups is 1. The molecule has 0 aliphatic carbocycles. The molecule has 1 atom stereocenters. The number of carboxylic acid groups (broad SMARTS) is 1. The van der Waals surface area contributed by atoms with Gasteiger partial charge in [-0.15, -0.1) is 0 Å². The first-order valence-corrected chi connectivity index (χ1v) is 6.04. The molecule has 6 nitrogen and oxygen atoms in total. The first-order valence-electron chi connectivity index (χ1n) is 6.04. The zero-order valence-corrected chi connectivity index (χ0v) is 11.1. The van der Waals surface area contributed by atoms with E-state index in [1.54, 1.807) is 12.1 Å². The molecular formula is C14H15NO5.